The van der Waals surface area contributed by atoms with E-state index >= 15 is 0 Å². The van der Waals surface area contributed by atoms with Gasteiger partial charge in [-0.2, -0.15) is 0 Å². The molecule has 2 atom stereocenters. The molecule has 1 aromatic carbocycles. The standard InChI is InChI=1S/C28H39N5O4S/c1-6-21(33(26(36)37)27(2,3)4)23(35)29-20(14-13-19-11-8-7-9-12-19)15-16-22(34)30-25-32-31-24(38-25)28(5)17-10-18-28/h7-9,11-12,15-16,20-21H,6,10,13-14,17-18H2,1-5H3,(H,29,35)(H,36,37)(H,30,32,34)/t20-,21-/m0/s1. The first kappa shape index (κ1) is 29.3. The van der Waals surface area contributed by atoms with Gasteiger partial charge in [0.1, 0.15) is 11.0 Å². The number of hydrogen-bond donors (Lipinski definition) is 3. The summed E-state index contributed by atoms with van der Waals surface area (Å²) in [6, 6.07) is 8.52. The van der Waals surface area contributed by atoms with Gasteiger partial charge in [0.2, 0.25) is 16.9 Å². The van der Waals surface area contributed by atoms with E-state index in [1.54, 1.807) is 33.8 Å². The van der Waals surface area contributed by atoms with Gasteiger partial charge < -0.3 is 10.4 Å². The van der Waals surface area contributed by atoms with Crippen LogP contribution in [0.2, 0.25) is 0 Å². The SMILES string of the molecule is CC[C@@H](C(=O)N[C@H](C=CC(=O)Nc1nnc(C2(C)CCC2)s1)CCc1ccccc1)N(C(=O)O)C(C)(C)C. The highest BCUT2D eigenvalue weighted by Gasteiger charge is 2.38. The summed E-state index contributed by atoms with van der Waals surface area (Å²) in [4.78, 5) is 39.1. The van der Waals surface area contributed by atoms with Crippen molar-refractivity contribution in [2.24, 2.45) is 0 Å². The minimum absolute atomic E-state index is 0.0516. The predicted octanol–water partition coefficient (Wildman–Crippen LogP) is 5.15. The van der Waals surface area contributed by atoms with E-state index in [0.717, 1.165) is 23.4 Å². The van der Waals surface area contributed by atoms with Crippen molar-refractivity contribution >= 4 is 34.4 Å². The van der Waals surface area contributed by atoms with Gasteiger partial charge in [0.05, 0.1) is 0 Å². The molecule has 0 unspecified atom stereocenters. The molecule has 1 saturated carbocycles. The van der Waals surface area contributed by atoms with Gasteiger partial charge in [0.25, 0.3) is 0 Å². The minimum atomic E-state index is -1.15. The highest BCUT2D eigenvalue weighted by Crippen LogP contribution is 2.44. The summed E-state index contributed by atoms with van der Waals surface area (Å²) in [5, 5.41) is 25.3. The maximum absolute atomic E-state index is 13.3. The lowest BCUT2D eigenvalue weighted by Crippen LogP contribution is -2.57. The van der Waals surface area contributed by atoms with Crippen LogP contribution in [0.25, 0.3) is 0 Å². The first-order valence-corrected chi connectivity index (χ1v) is 13.9. The maximum atomic E-state index is 13.3. The molecule has 0 bridgehead atoms. The Bertz CT molecular complexity index is 1140. The van der Waals surface area contributed by atoms with Crippen LogP contribution >= 0.6 is 11.3 Å². The van der Waals surface area contributed by atoms with Gasteiger partial charge in [-0.25, -0.2) is 4.79 Å². The quantitative estimate of drug-likeness (QED) is 0.338. The number of carboxylic acid groups (broad SMARTS) is 1. The van der Waals surface area contributed by atoms with Gasteiger partial charge in [-0.3, -0.25) is 19.8 Å². The largest absolute Gasteiger partial charge is 0.465 e. The molecule has 1 fully saturated rings. The summed E-state index contributed by atoms with van der Waals surface area (Å²) in [5.41, 5.74) is 0.399. The van der Waals surface area contributed by atoms with Crippen LogP contribution in [-0.2, 0) is 21.4 Å². The second-order valence-corrected chi connectivity index (χ2v) is 12.0. The van der Waals surface area contributed by atoms with Crippen molar-refractivity contribution in [2.45, 2.75) is 96.2 Å². The van der Waals surface area contributed by atoms with Gasteiger partial charge in [-0.15, -0.1) is 10.2 Å². The zero-order valence-electron chi connectivity index (χ0n) is 22.9. The number of nitrogens with one attached hydrogen (secondary N) is 2. The van der Waals surface area contributed by atoms with Gasteiger partial charge in [-0.1, -0.05) is 68.0 Å². The fraction of sp³-hybridized carbons (Fsp3) is 0.536. The van der Waals surface area contributed by atoms with E-state index in [1.807, 2.05) is 30.3 Å². The first-order valence-electron chi connectivity index (χ1n) is 13.1. The normalized spacial score (nSPS) is 16.3. The Hall–Kier alpha value is -3.27. The summed E-state index contributed by atoms with van der Waals surface area (Å²) >= 11 is 1.39. The third-order valence-electron chi connectivity index (χ3n) is 6.95. The number of nitrogens with zero attached hydrogens (tertiary/aromatic N) is 3. The zero-order chi connectivity index (χ0) is 27.9. The number of aryl methyl sites for hydroxylation is 1. The van der Waals surface area contributed by atoms with Gasteiger partial charge in [-0.05, 0) is 58.4 Å². The maximum Gasteiger partial charge on any atom is 0.408 e. The molecule has 1 aliphatic carbocycles. The fourth-order valence-electron chi connectivity index (χ4n) is 4.62. The average Bonchev–Trinajstić information content (AvgIpc) is 3.30. The Balaban J connectivity index is 1.71. The lowest BCUT2D eigenvalue weighted by molar-refractivity contribution is -0.128. The van der Waals surface area contributed by atoms with Crippen LogP contribution in [0.3, 0.4) is 0 Å². The van der Waals surface area contributed by atoms with E-state index in [0.29, 0.717) is 24.4 Å². The summed E-state index contributed by atoms with van der Waals surface area (Å²) in [6.45, 7) is 9.24. The summed E-state index contributed by atoms with van der Waals surface area (Å²) in [6.07, 6.45) is 6.76. The molecule has 1 aliphatic rings. The molecule has 9 nitrogen and oxygen atoms in total. The third-order valence-corrected chi connectivity index (χ3v) is 8.10. The second-order valence-electron chi connectivity index (χ2n) is 11.1. The molecule has 206 valence electrons. The number of carbonyl (C=O) groups excluding carboxylic acids is 2. The lowest BCUT2D eigenvalue weighted by atomic mass is 9.71. The Morgan fingerprint density at radius 3 is 2.42 bits per heavy atom. The van der Waals surface area contributed by atoms with E-state index in [9.17, 15) is 19.5 Å². The van der Waals surface area contributed by atoms with E-state index in [-0.39, 0.29) is 11.3 Å². The summed E-state index contributed by atoms with van der Waals surface area (Å²) in [7, 11) is 0. The molecule has 0 radical (unpaired) electrons. The fourth-order valence-corrected chi connectivity index (χ4v) is 5.57. The molecule has 2 aromatic rings. The summed E-state index contributed by atoms with van der Waals surface area (Å²) < 4.78 is 0. The van der Waals surface area contributed by atoms with Gasteiger partial charge in [0, 0.05) is 23.1 Å². The Kier molecular flexibility index (Phi) is 9.65. The number of benzene rings is 1. The molecule has 3 rings (SSSR count). The van der Waals surface area contributed by atoms with E-state index in [1.165, 1.54) is 28.7 Å². The van der Waals surface area contributed by atoms with Gasteiger partial charge in [0.15, 0.2) is 0 Å². The van der Waals surface area contributed by atoms with Crippen LogP contribution in [0.15, 0.2) is 42.5 Å². The third kappa shape index (κ3) is 7.63. The van der Waals surface area contributed by atoms with Crippen molar-refractivity contribution in [2.75, 3.05) is 5.32 Å². The molecule has 1 aromatic heterocycles. The van der Waals surface area contributed by atoms with Crippen LogP contribution in [0.4, 0.5) is 9.93 Å². The number of anilines is 1. The molecule has 10 heteroatoms. The Morgan fingerprint density at radius 2 is 1.87 bits per heavy atom. The van der Waals surface area contributed by atoms with Crippen molar-refractivity contribution in [1.82, 2.24) is 20.4 Å². The van der Waals surface area contributed by atoms with Crippen molar-refractivity contribution < 1.29 is 19.5 Å². The molecule has 3 amide bonds. The van der Waals surface area contributed by atoms with Crippen LogP contribution in [-0.4, -0.2) is 55.7 Å². The first-order chi connectivity index (χ1) is 17.9. The Labute approximate surface area is 228 Å². The number of carbonyl (C=O) groups is 3. The molecule has 0 spiro atoms. The van der Waals surface area contributed by atoms with Crippen LogP contribution in [0, 0.1) is 0 Å². The Morgan fingerprint density at radius 1 is 1.18 bits per heavy atom. The molecular formula is C28H39N5O4S. The predicted molar refractivity (Wildman–Crippen MR) is 149 cm³/mol. The molecule has 3 N–H and O–H groups in total. The number of rotatable bonds is 11. The van der Waals surface area contributed by atoms with E-state index < -0.39 is 29.6 Å². The average molecular weight is 542 g/mol. The van der Waals surface area contributed by atoms with Crippen LogP contribution < -0.4 is 10.6 Å². The van der Waals surface area contributed by atoms with Crippen LogP contribution in [0.1, 0.15) is 77.3 Å². The monoisotopic (exact) mass is 541 g/mol. The minimum Gasteiger partial charge on any atom is -0.465 e. The molecule has 0 saturated heterocycles. The highest BCUT2D eigenvalue weighted by molar-refractivity contribution is 7.15. The molecule has 38 heavy (non-hydrogen) atoms. The van der Waals surface area contributed by atoms with Crippen molar-refractivity contribution in [3.63, 3.8) is 0 Å². The van der Waals surface area contributed by atoms with Crippen molar-refractivity contribution in [1.29, 1.82) is 0 Å². The summed E-state index contributed by atoms with van der Waals surface area (Å²) in [5.74, 6) is -0.755. The van der Waals surface area contributed by atoms with Crippen LogP contribution in [0.5, 0.6) is 0 Å². The van der Waals surface area contributed by atoms with Crippen molar-refractivity contribution in [3.05, 3.63) is 53.1 Å². The molecular weight excluding hydrogens is 502 g/mol. The number of amides is 3. The topological polar surface area (TPSA) is 125 Å². The smallest absolute Gasteiger partial charge is 0.408 e. The lowest BCUT2D eigenvalue weighted by Gasteiger charge is -2.38. The second kappa shape index (κ2) is 12.5. The van der Waals surface area contributed by atoms with E-state index in [4.69, 9.17) is 0 Å². The van der Waals surface area contributed by atoms with E-state index in [2.05, 4.69) is 27.8 Å². The number of hydrogen-bond acceptors (Lipinski definition) is 6. The zero-order valence-corrected chi connectivity index (χ0v) is 23.7. The van der Waals surface area contributed by atoms with Gasteiger partial charge >= 0.3 is 6.09 Å². The highest BCUT2D eigenvalue weighted by atomic mass is 32.1. The number of aromatic nitrogens is 2. The molecule has 0 aliphatic heterocycles. The van der Waals surface area contributed by atoms with Crippen molar-refractivity contribution in [3.8, 4) is 0 Å². The molecule has 1 heterocycles.